The van der Waals surface area contributed by atoms with Crippen molar-refractivity contribution < 1.29 is 0 Å². The Morgan fingerprint density at radius 2 is 2.07 bits per heavy atom. The van der Waals surface area contributed by atoms with Crippen LogP contribution in [-0.2, 0) is 6.42 Å². The van der Waals surface area contributed by atoms with Crippen LogP contribution >= 0.6 is 15.9 Å². The summed E-state index contributed by atoms with van der Waals surface area (Å²) in [7, 11) is 0. The third kappa shape index (κ3) is 2.59. The van der Waals surface area contributed by atoms with Gasteiger partial charge in [0.25, 0.3) is 0 Å². The number of hydrogen-bond donors (Lipinski definition) is 0. The lowest BCUT2D eigenvalue weighted by molar-refractivity contribution is 0.645. The van der Waals surface area contributed by atoms with Gasteiger partial charge < -0.3 is 0 Å². The Morgan fingerprint density at radius 3 is 2.57 bits per heavy atom. The molecule has 0 aliphatic heterocycles. The molecule has 1 rings (SSSR count). The normalized spacial score (nSPS) is 10.3. The second-order valence-electron chi connectivity index (χ2n) is 3.98. The smallest absolute Gasteiger partial charge is 0.0991 e. The number of nitriles is 1. The van der Waals surface area contributed by atoms with Crippen LogP contribution in [0.15, 0.2) is 16.6 Å². The van der Waals surface area contributed by atoms with E-state index in [0.717, 1.165) is 22.0 Å². The van der Waals surface area contributed by atoms with Crippen molar-refractivity contribution in [3.8, 4) is 6.07 Å². The Bertz CT molecular complexity index is 375. The van der Waals surface area contributed by atoms with Gasteiger partial charge in [-0.1, -0.05) is 29.8 Å². The molecule has 1 aromatic rings. The summed E-state index contributed by atoms with van der Waals surface area (Å²) in [6.07, 6.45) is 1.01. The molecule has 0 unspecified atom stereocenters. The molecule has 0 heterocycles. The minimum Gasteiger partial charge on any atom is -0.192 e. The highest BCUT2D eigenvalue weighted by Gasteiger charge is 2.07. The first kappa shape index (κ1) is 11.3. The van der Waals surface area contributed by atoms with Crippen LogP contribution in [0.5, 0.6) is 0 Å². The lowest BCUT2D eigenvalue weighted by Crippen LogP contribution is -1.97. The zero-order chi connectivity index (χ0) is 10.7. The summed E-state index contributed by atoms with van der Waals surface area (Å²) in [5, 5.41) is 8.85. The summed E-state index contributed by atoms with van der Waals surface area (Å²) in [6, 6.07) is 6.07. The molecule has 14 heavy (non-hydrogen) atoms. The Hall–Kier alpha value is -0.810. The number of hydrogen-bond acceptors (Lipinski definition) is 1. The lowest BCUT2D eigenvalue weighted by Gasteiger charge is -2.10. The molecule has 0 aliphatic rings. The van der Waals surface area contributed by atoms with Crippen molar-refractivity contribution in [1.82, 2.24) is 0 Å². The average Bonchev–Trinajstić information content (AvgIpc) is 2.11. The van der Waals surface area contributed by atoms with E-state index in [2.05, 4.69) is 35.8 Å². The van der Waals surface area contributed by atoms with Crippen LogP contribution in [0.2, 0.25) is 0 Å². The monoisotopic (exact) mass is 251 g/mol. The van der Waals surface area contributed by atoms with E-state index >= 15 is 0 Å². The van der Waals surface area contributed by atoms with Crippen molar-refractivity contribution >= 4 is 15.9 Å². The van der Waals surface area contributed by atoms with Gasteiger partial charge in [0.2, 0.25) is 0 Å². The van der Waals surface area contributed by atoms with Crippen LogP contribution in [0.3, 0.4) is 0 Å². The van der Waals surface area contributed by atoms with Gasteiger partial charge in [0.05, 0.1) is 11.6 Å². The molecule has 0 N–H and O–H groups in total. The van der Waals surface area contributed by atoms with E-state index in [1.165, 1.54) is 5.56 Å². The number of rotatable bonds is 2. The van der Waals surface area contributed by atoms with Crippen molar-refractivity contribution in [2.45, 2.75) is 27.2 Å². The van der Waals surface area contributed by atoms with Gasteiger partial charge in [-0.25, -0.2) is 0 Å². The van der Waals surface area contributed by atoms with Crippen LogP contribution in [0.1, 0.15) is 30.5 Å². The minimum atomic E-state index is 0.611. The Kier molecular flexibility index (Phi) is 3.71. The highest BCUT2D eigenvalue weighted by atomic mass is 79.9. The number of benzene rings is 1. The van der Waals surface area contributed by atoms with Crippen LogP contribution in [0, 0.1) is 24.2 Å². The zero-order valence-electron chi connectivity index (χ0n) is 8.76. The van der Waals surface area contributed by atoms with Gasteiger partial charge in [0.1, 0.15) is 0 Å². The molecule has 0 atom stereocenters. The maximum atomic E-state index is 8.85. The van der Waals surface area contributed by atoms with Gasteiger partial charge in [-0.2, -0.15) is 5.26 Å². The van der Waals surface area contributed by atoms with Crippen molar-refractivity contribution in [3.05, 3.63) is 33.3 Å². The van der Waals surface area contributed by atoms with E-state index in [-0.39, 0.29) is 0 Å². The second-order valence-corrected chi connectivity index (χ2v) is 4.77. The molecule has 0 aliphatic carbocycles. The first-order valence-corrected chi connectivity index (χ1v) is 5.53. The van der Waals surface area contributed by atoms with Gasteiger partial charge in [-0.15, -0.1) is 0 Å². The molecule has 0 saturated heterocycles. The summed E-state index contributed by atoms with van der Waals surface area (Å²) < 4.78 is 1.14. The molecular weight excluding hydrogens is 238 g/mol. The number of halogens is 1. The van der Waals surface area contributed by atoms with Crippen molar-refractivity contribution in [3.63, 3.8) is 0 Å². The topological polar surface area (TPSA) is 23.8 Å². The fourth-order valence-corrected chi connectivity index (χ4v) is 1.89. The molecule has 0 saturated carbocycles. The standard InChI is InChI=1S/C12H14BrN/c1-8(2)4-11-6-10(7-14)5-9(3)12(11)13/h5-6,8H,4H2,1-3H3. The maximum absolute atomic E-state index is 8.85. The molecule has 0 radical (unpaired) electrons. The summed E-state index contributed by atoms with van der Waals surface area (Å²) in [4.78, 5) is 0. The minimum absolute atomic E-state index is 0.611. The molecule has 0 fully saturated rings. The predicted octanol–water partition coefficient (Wildman–Crippen LogP) is 3.83. The Balaban J connectivity index is 3.15. The first-order chi connectivity index (χ1) is 6.54. The van der Waals surface area contributed by atoms with Crippen LogP contribution in [0.25, 0.3) is 0 Å². The molecule has 0 bridgehead atoms. The SMILES string of the molecule is Cc1cc(C#N)cc(CC(C)C)c1Br. The molecule has 74 valence electrons. The first-order valence-electron chi connectivity index (χ1n) is 4.73. The quantitative estimate of drug-likeness (QED) is 0.784. The van der Waals surface area contributed by atoms with Crippen molar-refractivity contribution in [2.75, 3.05) is 0 Å². The van der Waals surface area contributed by atoms with Gasteiger partial charge >= 0.3 is 0 Å². The third-order valence-corrected chi connectivity index (χ3v) is 3.22. The largest absolute Gasteiger partial charge is 0.192 e. The molecular formula is C12H14BrN. The predicted molar refractivity (Wildman–Crippen MR) is 62.1 cm³/mol. The van der Waals surface area contributed by atoms with Gasteiger partial charge in [0, 0.05) is 4.47 Å². The van der Waals surface area contributed by atoms with Crippen LogP contribution in [-0.4, -0.2) is 0 Å². The van der Waals surface area contributed by atoms with Gasteiger partial charge in [-0.3, -0.25) is 0 Å². The zero-order valence-corrected chi connectivity index (χ0v) is 10.4. The molecule has 2 heteroatoms. The molecule has 0 amide bonds. The van der Waals surface area contributed by atoms with Gasteiger partial charge in [0.15, 0.2) is 0 Å². The van der Waals surface area contributed by atoms with Gasteiger partial charge in [-0.05, 0) is 42.5 Å². The van der Waals surface area contributed by atoms with Crippen LogP contribution < -0.4 is 0 Å². The summed E-state index contributed by atoms with van der Waals surface area (Å²) >= 11 is 3.56. The van der Waals surface area contributed by atoms with E-state index in [1.807, 2.05) is 19.1 Å². The van der Waals surface area contributed by atoms with Crippen molar-refractivity contribution in [1.29, 1.82) is 5.26 Å². The van der Waals surface area contributed by atoms with Crippen LogP contribution in [0.4, 0.5) is 0 Å². The highest BCUT2D eigenvalue weighted by Crippen LogP contribution is 2.25. The second kappa shape index (κ2) is 4.61. The lowest BCUT2D eigenvalue weighted by atomic mass is 9.99. The summed E-state index contributed by atoms with van der Waals surface area (Å²) in [6.45, 7) is 6.39. The molecule has 1 nitrogen and oxygen atoms in total. The third-order valence-electron chi connectivity index (χ3n) is 2.09. The van der Waals surface area contributed by atoms with E-state index in [1.54, 1.807) is 0 Å². The average molecular weight is 252 g/mol. The summed E-state index contributed by atoms with van der Waals surface area (Å²) in [5.74, 6) is 0.611. The maximum Gasteiger partial charge on any atom is 0.0991 e. The Labute approximate surface area is 93.9 Å². The van der Waals surface area contributed by atoms with E-state index < -0.39 is 0 Å². The number of aryl methyl sites for hydroxylation is 1. The molecule has 0 aromatic heterocycles. The van der Waals surface area contributed by atoms with E-state index in [9.17, 15) is 0 Å². The van der Waals surface area contributed by atoms with Crippen molar-refractivity contribution in [2.24, 2.45) is 5.92 Å². The Morgan fingerprint density at radius 1 is 1.43 bits per heavy atom. The fraction of sp³-hybridized carbons (Fsp3) is 0.417. The van der Waals surface area contributed by atoms with E-state index in [0.29, 0.717) is 5.92 Å². The molecule has 0 spiro atoms. The highest BCUT2D eigenvalue weighted by molar-refractivity contribution is 9.10. The molecule has 1 aromatic carbocycles. The van der Waals surface area contributed by atoms with E-state index in [4.69, 9.17) is 5.26 Å². The number of nitrogens with zero attached hydrogens (tertiary/aromatic N) is 1. The summed E-state index contributed by atoms with van der Waals surface area (Å²) in [5.41, 5.74) is 3.12. The fourth-order valence-electron chi connectivity index (χ4n) is 1.50.